The maximum Gasteiger partial charge on any atom is 0.243 e. The Morgan fingerprint density at radius 2 is 2.10 bits per heavy atom. The lowest BCUT2D eigenvalue weighted by molar-refractivity contribution is 0.542. The number of aromatic nitrogens is 3. The summed E-state index contributed by atoms with van der Waals surface area (Å²) in [6.07, 6.45) is 2.33. The summed E-state index contributed by atoms with van der Waals surface area (Å²) in [7, 11) is -3.99. The van der Waals surface area contributed by atoms with E-state index in [1.165, 1.54) is 6.33 Å². The van der Waals surface area contributed by atoms with Crippen molar-refractivity contribution in [2.75, 3.05) is 6.54 Å². The minimum absolute atomic E-state index is 0.111. The van der Waals surface area contributed by atoms with Crippen LogP contribution in [0.4, 0.5) is 8.78 Å². The average Bonchev–Trinajstić information content (AvgIpc) is 2.87. The normalized spacial score (nSPS) is 11.7. The highest BCUT2D eigenvalue weighted by Crippen LogP contribution is 2.15. The summed E-state index contributed by atoms with van der Waals surface area (Å²) >= 11 is 0. The molecule has 0 spiro atoms. The van der Waals surface area contributed by atoms with E-state index >= 15 is 0 Å². The SMILES string of the molecule is O=S(=O)(NCCCc1ncn[nH]1)c1ccc(F)cc1F. The van der Waals surface area contributed by atoms with Gasteiger partial charge in [0.1, 0.15) is 28.7 Å². The van der Waals surface area contributed by atoms with Crippen molar-refractivity contribution in [3.05, 3.63) is 42.0 Å². The van der Waals surface area contributed by atoms with Crippen molar-refractivity contribution in [3.8, 4) is 0 Å². The van der Waals surface area contributed by atoms with Crippen molar-refractivity contribution in [1.82, 2.24) is 19.9 Å². The first kappa shape index (κ1) is 14.5. The summed E-state index contributed by atoms with van der Waals surface area (Å²) in [4.78, 5) is 3.32. The van der Waals surface area contributed by atoms with Gasteiger partial charge in [0.15, 0.2) is 0 Å². The van der Waals surface area contributed by atoms with Crippen molar-refractivity contribution in [2.24, 2.45) is 0 Å². The summed E-state index contributed by atoms with van der Waals surface area (Å²) < 4.78 is 52.0. The summed E-state index contributed by atoms with van der Waals surface area (Å²) in [5, 5.41) is 6.30. The molecule has 1 heterocycles. The molecule has 0 saturated carbocycles. The number of benzene rings is 1. The highest BCUT2D eigenvalue weighted by molar-refractivity contribution is 7.89. The van der Waals surface area contributed by atoms with Crippen LogP contribution < -0.4 is 4.72 Å². The van der Waals surface area contributed by atoms with E-state index in [0.717, 1.165) is 12.1 Å². The van der Waals surface area contributed by atoms with Crippen LogP contribution in [0.5, 0.6) is 0 Å². The zero-order valence-electron chi connectivity index (χ0n) is 10.3. The van der Waals surface area contributed by atoms with E-state index in [-0.39, 0.29) is 6.54 Å². The fourth-order valence-electron chi connectivity index (χ4n) is 1.58. The number of aryl methyl sites for hydroxylation is 1. The molecular formula is C11H12F2N4O2S. The van der Waals surface area contributed by atoms with Crippen LogP contribution in [0, 0.1) is 11.6 Å². The molecule has 0 aliphatic carbocycles. The maximum absolute atomic E-state index is 13.4. The number of H-pyrrole nitrogens is 1. The molecule has 108 valence electrons. The van der Waals surface area contributed by atoms with Gasteiger partial charge in [-0.3, -0.25) is 5.10 Å². The van der Waals surface area contributed by atoms with Crippen molar-refractivity contribution in [1.29, 1.82) is 0 Å². The van der Waals surface area contributed by atoms with Gasteiger partial charge >= 0.3 is 0 Å². The number of hydrogen-bond donors (Lipinski definition) is 2. The van der Waals surface area contributed by atoms with E-state index in [2.05, 4.69) is 19.9 Å². The molecule has 2 rings (SSSR count). The predicted octanol–water partition coefficient (Wildman–Crippen LogP) is 0.994. The first-order valence-corrected chi connectivity index (χ1v) is 7.26. The van der Waals surface area contributed by atoms with Crippen LogP contribution in [0.15, 0.2) is 29.4 Å². The molecule has 0 aliphatic heterocycles. The third-order valence-corrected chi connectivity index (χ3v) is 4.03. The number of halogens is 2. The van der Waals surface area contributed by atoms with Crippen LogP contribution in [-0.4, -0.2) is 30.1 Å². The third kappa shape index (κ3) is 3.58. The van der Waals surface area contributed by atoms with Gasteiger partial charge in [0.2, 0.25) is 10.0 Å². The molecule has 1 aromatic carbocycles. The van der Waals surface area contributed by atoms with Gasteiger partial charge in [0.05, 0.1) is 0 Å². The molecule has 0 aliphatic rings. The van der Waals surface area contributed by atoms with Crippen LogP contribution in [0.25, 0.3) is 0 Å². The monoisotopic (exact) mass is 302 g/mol. The molecule has 0 amide bonds. The number of aromatic amines is 1. The molecule has 2 N–H and O–H groups in total. The Bertz CT molecular complexity index is 674. The summed E-state index contributed by atoms with van der Waals surface area (Å²) in [6.45, 7) is 0.111. The number of sulfonamides is 1. The van der Waals surface area contributed by atoms with Crippen LogP contribution in [0.2, 0.25) is 0 Å². The van der Waals surface area contributed by atoms with Gasteiger partial charge in [-0.15, -0.1) is 0 Å². The molecule has 9 heteroatoms. The average molecular weight is 302 g/mol. The Morgan fingerprint density at radius 3 is 2.75 bits per heavy atom. The molecule has 0 bridgehead atoms. The van der Waals surface area contributed by atoms with E-state index in [9.17, 15) is 17.2 Å². The molecule has 6 nitrogen and oxygen atoms in total. The molecular weight excluding hydrogens is 290 g/mol. The summed E-state index contributed by atoms with van der Waals surface area (Å²) in [5.41, 5.74) is 0. The lowest BCUT2D eigenvalue weighted by Crippen LogP contribution is -2.26. The standard InChI is InChI=1S/C11H12F2N4O2S/c12-8-3-4-10(9(13)6-8)20(18,19)16-5-1-2-11-14-7-15-17-11/h3-4,6-7,16H,1-2,5H2,(H,14,15,17). The Labute approximate surface area is 114 Å². The van der Waals surface area contributed by atoms with Crippen molar-refractivity contribution >= 4 is 10.0 Å². The second kappa shape index (κ2) is 6.06. The van der Waals surface area contributed by atoms with Crippen LogP contribution in [0.1, 0.15) is 12.2 Å². The van der Waals surface area contributed by atoms with E-state index in [1.54, 1.807) is 0 Å². The number of hydrogen-bond acceptors (Lipinski definition) is 4. The van der Waals surface area contributed by atoms with Crippen LogP contribution >= 0.6 is 0 Å². The minimum Gasteiger partial charge on any atom is -0.263 e. The van der Waals surface area contributed by atoms with Gasteiger partial charge in [-0.05, 0) is 18.6 Å². The lowest BCUT2D eigenvalue weighted by Gasteiger charge is -2.07. The number of nitrogens with one attached hydrogen (secondary N) is 2. The van der Waals surface area contributed by atoms with E-state index in [1.807, 2.05) is 0 Å². The quantitative estimate of drug-likeness (QED) is 0.779. The van der Waals surface area contributed by atoms with Crippen LogP contribution in [-0.2, 0) is 16.4 Å². The fraction of sp³-hybridized carbons (Fsp3) is 0.273. The summed E-state index contributed by atoms with van der Waals surface area (Å²) in [5.74, 6) is -1.31. The number of rotatable bonds is 6. The Balaban J connectivity index is 1.93. The van der Waals surface area contributed by atoms with Gasteiger partial charge < -0.3 is 0 Å². The van der Waals surface area contributed by atoms with Gasteiger partial charge in [-0.25, -0.2) is 26.9 Å². The minimum atomic E-state index is -3.99. The number of nitrogens with zero attached hydrogens (tertiary/aromatic N) is 2. The first-order valence-electron chi connectivity index (χ1n) is 5.78. The Kier molecular flexibility index (Phi) is 4.40. The second-order valence-corrected chi connectivity index (χ2v) is 5.74. The molecule has 1 aromatic heterocycles. The van der Waals surface area contributed by atoms with E-state index in [0.29, 0.717) is 24.7 Å². The molecule has 0 saturated heterocycles. The van der Waals surface area contributed by atoms with Gasteiger partial charge in [0.25, 0.3) is 0 Å². The topological polar surface area (TPSA) is 87.7 Å². The molecule has 0 unspecified atom stereocenters. The molecule has 0 atom stereocenters. The smallest absolute Gasteiger partial charge is 0.243 e. The predicted molar refractivity (Wildman–Crippen MR) is 66.3 cm³/mol. The molecule has 20 heavy (non-hydrogen) atoms. The Morgan fingerprint density at radius 1 is 1.30 bits per heavy atom. The summed E-state index contributed by atoms with van der Waals surface area (Å²) in [6, 6.07) is 2.32. The Hall–Kier alpha value is -1.87. The molecule has 0 fully saturated rings. The zero-order valence-corrected chi connectivity index (χ0v) is 11.1. The molecule has 2 aromatic rings. The van der Waals surface area contributed by atoms with Gasteiger partial charge in [-0.2, -0.15) is 5.10 Å². The maximum atomic E-state index is 13.4. The van der Waals surface area contributed by atoms with Crippen molar-refractivity contribution < 1.29 is 17.2 Å². The van der Waals surface area contributed by atoms with Crippen molar-refractivity contribution in [2.45, 2.75) is 17.7 Å². The highest BCUT2D eigenvalue weighted by Gasteiger charge is 2.18. The highest BCUT2D eigenvalue weighted by atomic mass is 32.2. The van der Waals surface area contributed by atoms with Gasteiger partial charge in [0, 0.05) is 19.0 Å². The van der Waals surface area contributed by atoms with Gasteiger partial charge in [-0.1, -0.05) is 0 Å². The molecule has 0 radical (unpaired) electrons. The second-order valence-electron chi connectivity index (χ2n) is 4.01. The van der Waals surface area contributed by atoms with Crippen LogP contribution in [0.3, 0.4) is 0 Å². The van der Waals surface area contributed by atoms with E-state index < -0.39 is 26.6 Å². The lowest BCUT2D eigenvalue weighted by atomic mass is 10.3. The largest absolute Gasteiger partial charge is 0.263 e. The third-order valence-electron chi connectivity index (χ3n) is 2.53. The van der Waals surface area contributed by atoms with E-state index in [4.69, 9.17) is 0 Å². The zero-order chi connectivity index (χ0) is 14.6. The first-order chi connectivity index (χ1) is 9.49. The van der Waals surface area contributed by atoms with Crippen molar-refractivity contribution in [3.63, 3.8) is 0 Å². The fourth-order valence-corrected chi connectivity index (χ4v) is 2.72.